The first-order chi connectivity index (χ1) is 12.0. The van der Waals surface area contributed by atoms with Crippen molar-refractivity contribution >= 4 is 35.1 Å². The average molecular weight is 394 g/mol. The van der Waals surface area contributed by atoms with Gasteiger partial charge < -0.3 is 16.0 Å². The van der Waals surface area contributed by atoms with Crippen molar-refractivity contribution in [1.29, 1.82) is 0 Å². The van der Waals surface area contributed by atoms with Crippen LogP contribution in [0.4, 0.5) is 0 Å². The third-order valence-electron chi connectivity index (χ3n) is 4.13. The third-order valence-corrected chi connectivity index (χ3v) is 4.87. The molecule has 0 amide bonds. The van der Waals surface area contributed by atoms with E-state index in [4.69, 9.17) is 33.0 Å². The highest BCUT2D eigenvalue weighted by molar-refractivity contribution is 6.42. The molecule has 0 aliphatic heterocycles. The lowest BCUT2D eigenvalue weighted by atomic mass is 9.93. The number of fused-ring (bicyclic) bond motifs is 1. The van der Waals surface area contributed by atoms with Crippen LogP contribution in [0.15, 0.2) is 54.6 Å². The largest absolute Gasteiger partial charge is 0.478 e. The van der Waals surface area contributed by atoms with E-state index in [0.717, 1.165) is 28.8 Å². The van der Waals surface area contributed by atoms with Crippen LogP contribution < -0.4 is 6.15 Å². The molecule has 0 spiro atoms. The first-order valence-corrected chi connectivity index (χ1v) is 8.36. The van der Waals surface area contributed by atoms with Crippen LogP contribution in [0.5, 0.6) is 0 Å². The molecule has 0 heterocycles. The normalized spacial score (nSPS) is 18.2. The van der Waals surface area contributed by atoms with Crippen molar-refractivity contribution in [1.82, 2.24) is 6.15 Å². The molecule has 0 fully saturated rings. The van der Waals surface area contributed by atoms with Gasteiger partial charge in [-0.3, -0.25) is 0 Å². The number of rotatable bonds is 4. The maximum atomic E-state index is 11.8. The van der Waals surface area contributed by atoms with Crippen molar-refractivity contribution < 1.29 is 19.4 Å². The fourth-order valence-corrected chi connectivity index (χ4v) is 3.37. The highest BCUT2D eigenvalue weighted by atomic mass is 35.5. The lowest BCUT2D eigenvalue weighted by molar-refractivity contribution is -0.144. The third kappa shape index (κ3) is 4.25. The summed E-state index contributed by atoms with van der Waals surface area (Å²) in [6.07, 6.45) is 1.79. The molecule has 2 aromatic carbocycles. The SMILES string of the molecule is N.O=C(O)/C=C\C(=O)OC1CC(c2ccc(Cl)c(Cl)c2)c2ccccc21. The molecule has 136 valence electrons. The van der Waals surface area contributed by atoms with Crippen LogP contribution in [0.3, 0.4) is 0 Å². The number of hydrogen-bond donors (Lipinski definition) is 2. The molecule has 0 saturated heterocycles. The van der Waals surface area contributed by atoms with E-state index in [0.29, 0.717) is 16.5 Å². The number of esters is 1. The predicted molar refractivity (Wildman–Crippen MR) is 100.0 cm³/mol. The van der Waals surface area contributed by atoms with Gasteiger partial charge >= 0.3 is 11.9 Å². The molecule has 0 radical (unpaired) electrons. The van der Waals surface area contributed by atoms with Gasteiger partial charge in [0.05, 0.1) is 10.0 Å². The number of carboxylic acid groups (broad SMARTS) is 1. The highest BCUT2D eigenvalue weighted by Gasteiger charge is 2.34. The fourth-order valence-electron chi connectivity index (χ4n) is 3.06. The molecular formula is C19H17Cl2NO4. The monoisotopic (exact) mass is 393 g/mol. The zero-order valence-electron chi connectivity index (χ0n) is 13.7. The molecule has 3 rings (SSSR count). The number of halogens is 2. The van der Waals surface area contributed by atoms with Gasteiger partial charge in [0.1, 0.15) is 6.10 Å². The van der Waals surface area contributed by atoms with E-state index in [9.17, 15) is 9.59 Å². The Morgan fingerprint density at radius 3 is 2.38 bits per heavy atom. The first-order valence-electron chi connectivity index (χ1n) is 7.61. The second kappa shape index (κ2) is 8.36. The number of hydrogen-bond acceptors (Lipinski definition) is 4. The summed E-state index contributed by atoms with van der Waals surface area (Å²) in [4.78, 5) is 22.4. The van der Waals surface area contributed by atoms with Gasteiger partial charge in [-0.1, -0.05) is 53.5 Å². The summed E-state index contributed by atoms with van der Waals surface area (Å²) in [7, 11) is 0. The Hall–Kier alpha value is -2.34. The summed E-state index contributed by atoms with van der Waals surface area (Å²) in [6, 6.07) is 13.2. The number of carbonyl (C=O) groups is 2. The minimum absolute atomic E-state index is 0. The van der Waals surface area contributed by atoms with Crippen molar-refractivity contribution in [2.75, 3.05) is 0 Å². The topological polar surface area (TPSA) is 98.6 Å². The maximum Gasteiger partial charge on any atom is 0.331 e. The van der Waals surface area contributed by atoms with E-state index in [-0.39, 0.29) is 12.1 Å². The molecule has 2 atom stereocenters. The van der Waals surface area contributed by atoms with Crippen molar-refractivity contribution in [3.63, 3.8) is 0 Å². The van der Waals surface area contributed by atoms with Crippen molar-refractivity contribution in [3.8, 4) is 0 Å². The molecule has 0 bridgehead atoms. The van der Waals surface area contributed by atoms with E-state index in [1.165, 1.54) is 0 Å². The van der Waals surface area contributed by atoms with Crippen LogP contribution in [0, 0.1) is 0 Å². The molecule has 2 unspecified atom stereocenters. The summed E-state index contributed by atoms with van der Waals surface area (Å²) in [5.74, 6) is -1.86. The molecule has 1 aliphatic rings. The standard InChI is InChI=1S/C19H14Cl2O4.H3N/c20-15-6-5-11(9-16(15)21)14-10-17(13-4-2-1-3-12(13)14)25-19(24)8-7-18(22)23;/h1-9,14,17H,10H2,(H,22,23);1H3/b8-7-;. The lowest BCUT2D eigenvalue weighted by Gasteiger charge is -2.14. The van der Waals surface area contributed by atoms with Crippen LogP contribution in [0.2, 0.25) is 10.0 Å². The number of carboxylic acids is 1. The van der Waals surface area contributed by atoms with E-state index in [1.54, 1.807) is 6.07 Å². The quantitative estimate of drug-likeness (QED) is 0.567. The van der Waals surface area contributed by atoms with Gasteiger partial charge in [-0.2, -0.15) is 0 Å². The van der Waals surface area contributed by atoms with Crippen LogP contribution in [0.1, 0.15) is 35.1 Å². The predicted octanol–water partition coefficient (Wildman–Crippen LogP) is 4.92. The minimum Gasteiger partial charge on any atom is -0.478 e. The molecular weight excluding hydrogens is 377 g/mol. The zero-order chi connectivity index (χ0) is 18.0. The van der Waals surface area contributed by atoms with Gasteiger partial charge in [-0.15, -0.1) is 0 Å². The molecule has 4 N–H and O–H groups in total. The second-order valence-electron chi connectivity index (χ2n) is 5.69. The lowest BCUT2D eigenvalue weighted by Crippen LogP contribution is -2.07. The van der Waals surface area contributed by atoms with Crippen LogP contribution >= 0.6 is 23.2 Å². The van der Waals surface area contributed by atoms with Gasteiger partial charge in [0, 0.05) is 18.1 Å². The summed E-state index contributed by atoms with van der Waals surface area (Å²) in [5, 5.41) is 9.56. The summed E-state index contributed by atoms with van der Waals surface area (Å²) < 4.78 is 5.45. The molecule has 2 aromatic rings. The Morgan fingerprint density at radius 1 is 1.04 bits per heavy atom. The van der Waals surface area contributed by atoms with Crippen molar-refractivity contribution in [3.05, 3.63) is 81.4 Å². The fraction of sp³-hybridized carbons (Fsp3) is 0.158. The van der Waals surface area contributed by atoms with E-state index in [2.05, 4.69) is 0 Å². The number of carbonyl (C=O) groups excluding carboxylic acids is 1. The van der Waals surface area contributed by atoms with E-state index >= 15 is 0 Å². The molecule has 5 nitrogen and oxygen atoms in total. The highest BCUT2D eigenvalue weighted by Crippen LogP contribution is 2.46. The van der Waals surface area contributed by atoms with Gasteiger partial charge in [0.2, 0.25) is 0 Å². The molecule has 1 aliphatic carbocycles. The number of ether oxygens (including phenoxy) is 1. The summed E-state index contributed by atoms with van der Waals surface area (Å²) in [6.45, 7) is 0. The Bertz CT molecular complexity index is 866. The van der Waals surface area contributed by atoms with E-state index < -0.39 is 18.0 Å². The Labute approximate surface area is 160 Å². The smallest absolute Gasteiger partial charge is 0.331 e. The summed E-state index contributed by atoms with van der Waals surface area (Å²) >= 11 is 12.1. The van der Waals surface area contributed by atoms with E-state index in [1.807, 2.05) is 36.4 Å². The summed E-state index contributed by atoms with van der Waals surface area (Å²) in [5.41, 5.74) is 2.96. The maximum absolute atomic E-state index is 11.8. The van der Waals surface area contributed by atoms with Gasteiger partial charge in [-0.05, 0) is 35.2 Å². The van der Waals surface area contributed by atoms with Gasteiger partial charge in [0.15, 0.2) is 0 Å². The van der Waals surface area contributed by atoms with Crippen LogP contribution in [-0.2, 0) is 14.3 Å². The van der Waals surface area contributed by atoms with Crippen LogP contribution in [-0.4, -0.2) is 17.0 Å². The average Bonchev–Trinajstić information content (AvgIpc) is 2.94. The van der Waals surface area contributed by atoms with Crippen LogP contribution in [0.25, 0.3) is 0 Å². The van der Waals surface area contributed by atoms with Gasteiger partial charge in [0.25, 0.3) is 0 Å². The number of benzene rings is 2. The Morgan fingerprint density at radius 2 is 1.73 bits per heavy atom. The zero-order valence-corrected chi connectivity index (χ0v) is 15.2. The first kappa shape index (κ1) is 20.0. The Balaban J connectivity index is 0.00000243. The molecule has 26 heavy (non-hydrogen) atoms. The molecule has 7 heteroatoms. The Kier molecular flexibility index (Phi) is 6.42. The number of aliphatic carboxylic acids is 1. The second-order valence-corrected chi connectivity index (χ2v) is 6.50. The van der Waals surface area contributed by atoms with Crippen molar-refractivity contribution in [2.45, 2.75) is 18.4 Å². The van der Waals surface area contributed by atoms with Gasteiger partial charge in [-0.25, -0.2) is 9.59 Å². The molecule has 0 aromatic heterocycles. The molecule has 0 saturated carbocycles. The van der Waals surface area contributed by atoms with Crippen molar-refractivity contribution in [2.24, 2.45) is 0 Å². The minimum atomic E-state index is -1.20.